The fraction of sp³-hybridized carbons (Fsp3) is 0.235. The maximum absolute atomic E-state index is 12.9. The standard InChI is InChI=1S/C17H18N2O2S/c1-11-5-6-15(7-12(11)2)22(20,21)19-10-18-16-8-13(3)14(4)9-17(16)19/h5-10H,1-4H3. The van der Waals surface area contributed by atoms with Gasteiger partial charge < -0.3 is 0 Å². The van der Waals surface area contributed by atoms with Gasteiger partial charge in [0.15, 0.2) is 0 Å². The molecule has 4 nitrogen and oxygen atoms in total. The highest BCUT2D eigenvalue weighted by atomic mass is 32.2. The van der Waals surface area contributed by atoms with Gasteiger partial charge in [-0.05, 0) is 74.2 Å². The Bertz CT molecular complexity index is 985. The summed E-state index contributed by atoms with van der Waals surface area (Å²) in [6, 6.07) is 8.96. The minimum absolute atomic E-state index is 0.285. The first-order valence-electron chi connectivity index (χ1n) is 7.08. The van der Waals surface area contributed by atoms with Gasteiger partial charge >= 0.3 is 0 Å². The van der Waals surface area contributed by atoms with Crippen molar-refractivity contribution in [3.8, 4) is 0 Å². The molecule has 0 saturated heterocycles. The van der Waals surface area contributed by atoms with E-state index >= 15 is 0 Å². The van der Waals surface area contributed by atoms with Crippen LogP contribution >= 0.6 is 0 Å². The molecule has 0 radical (unpaired) electrons. The maximum Gasteiger partial charge on any atom is 0.269 e. The topological polar surface area (TPSA) is 52.0 Å². The lowest BCUT2D eigenvalue weighted by atomic mass is 10.1. The highest BCUT2D eigenvalue weighted by molar-refractivity contribution is 7.90. The zero-order valence-electron chi connectivity index (χ0n) is 13.1. The van der Waals surface area contributed by atoms with Crippen LogP contribution in [0.3, 0.4) is 0 Å². The third kappa shape index (κ3) is 2.22. The van der Waals surface area contributed by atoms with E-state index in [0.717, 1.165) is 22.3 Å². The Morgan fingerprint density at radius 1 is 0.864 bits per heavy atom. The molecule has 0 atom stereocenters. The van der Waals surface area contributed by atoms with Gasteiger partial charge in [0, 0.05) is 0 Å². The molecule has 0 N–H and O–H groups in total. The summed E-state index contributed by atoms with van der Waals surface area (Å²) in [4.78, 5) is 4.52. The third-order valence-corrected chi connectivity index (χ3v) is 5.82. The largest absolute Gasteiger partial charge is 0.269 e. The molecule has 3 aromatic rings. The minimum Gasteiger partial charge on any atom is -0.236 e. The van der Waals surface area contributed by atoms with Gasteiger partial charge in [0.1, 0.15) is 6.33 Å². The summed E-state index contributed by atoms with van der Waals surface area (Å²) < 4.78 is 27.0. The first-order chi connectivity index (χ1) is 10.3. The van der Waals surface area contributed by atoms with Crippen molar-refractivity contribution in [2.24, 2.45) is 0 Å². The fourth-order valence-corrected chi connectivity index (χ4v) is 3.79. The Morgan fingerprint density at radius 2 is 1.50 bits per heavy atom. The summed E-state index contributed by atoms with van der Waals surface area (Å²) in [5.74, 6) is 0. The molecule has 0 spiro atoms. The zero-order valence-corrected chi connectivity index (χ0v) is 13.9. The van der Waals surface area contributed by atoms with Crippen LogP contribution in [0.4, 0.5) is 0 Å². The second-order valence-corrected chi connectivity index (χ2v) is 7.53. The number of fused-ring (bicyclic) bond motifs is 1. The van der Waals surface area contributed by atoms with Gasteiger partial charge in [0.2, 0.25) is 0 Å². The van der Waals surface area contributed by atoms with Crippen molar-refractivity contribution >= 4 is 21.1 Å². The lowest BCUT2D eigenvalue weighted by Crippen LogP contribution is -2.12. The molecular formula is C17H18N2O2S. The van der Waals surface area contributed by atoms with Crippen LogP contribution in [0, 0.1) is 27.7 Å². The molecule has 2 aromatic carbocycles. The normalized spacial score (nSPS) is 12.0. The predicted octanol–water partition coefficient (Wildman–Crippen LogP) is 3.51. The van der Waals surface area contributed by atoms with E-state index in [1.54, 1.807) is 12.1 Å². The molecule has 0 aliphatic carbocycles. The molecule has 0 bridgehead atoms. The van der Waals surface area contributed by atoms with Crippen LogP contribution in [0.2, 0.25) is 0 Å². The number of imidazole rings is 1. The molecule has 0 fully saturated rings. The predicted molar refractivity (Wildman–Crippen MR) is 87.7 cm³/mol. The van der Waals surface area contributed by atoms with Crippen LogP contribution in [-0.2, 0) is 10.0 Å². The first kappa shape index (κ1) is 14.8. The Balaban J connectivity index is 2.25. The highest BCUT2D eigenvalue weighted by Gasteiger charge is 2.20. The first-order valence-corrected chi connectivity index (χ1v) is 8.52. The van der Waals surface area contributed by atoms with Crippen molar-refractivity contribution in [1.82, 2.24) is 8.96 Å². The Morgan fingerprint density at radius 3 is 2.18 bits per heavy atom. The van der Waals surface area contributed by atoms with E-state index in [2.05, 4.69) is 4.98 Å². The van der Waals surface area contributed by atoms with Crippen LogP contribution < -0.4 is 0 Å². The van der Waals surface area contributed by atoms with Gasteiger partial charge in [-0.1, -0.05) is 6.07 Å². The van der Waals surface area contributed by atoms with E-state index in [9.17, 15) is 8.42 Å². The molecule has 22 heavy (non-hydrogen) atoms. The number of benzene rings is 2. The number of aromatic nitrogens is 2. The molecule has 0 aliphatic rings. The van der Waals surface area contributed by atoms with Crippen LogP contribution in [0.5, 0.6) is 0 Å². The second kappa shape index (κ2) is 4.95. The average molecular weight is 314 g/mol. The molecule has 1 heterocycles. The molecule has 0 aliphatic heterocycles. The lowest BCUT2D eigenvalue weighted by molar-refractivity contribution is 0.588. The molecular weight excluding hydrogens is 296 g/mol. The van der Waals surface area contributed by atoms with E-state index in [0.29, 0.717) is 11.0 Å². The zero-order chi connectivity index (χ0) is 16.1. The van der Waals surface area contributed by atoms with Gasteiger partial charge in [-0.25, -0.2) is 17.4 Å². The van der Waals surface area contributed by atoms with Gasteiger partial charge in [0.05, 0.1) is 15.9 Å². The SMILES string of the molecule is Cc1ccc(S(=O)(=O)n2cnc3cc(C)c(C)cc32)cc1C. The van der Waals surface area contributed by atoms with Gasteiger partial charge in [-0.3, -0.25) is 0 Å². The van der Waals surface area contributed by atoms with Crippen LogP contribution in [-0.4, -0.2) is 17.4 Å². The summed E-state index contributed by atoms with van der Waals surface area (Å²) >= 11 is 0. The lowest BCUT2D eigenvalue weighted by Gasteiger charge is -2.09. The van der Waals surface area contributed by atoms with Crippen LogP contribution in [0.1, 0.15) is 22.3 Å². The van der Waals surface area contributed by atoms with E-state index in [1.807, 2.05) is 45.9 Å². The number of nitrogens with zero attached hydrogens (tertiary/aromatic N) is 2. The highest BCUT2D eigenvalue weighted by Crippen LogP contribution is 2.24. The van der Waals surface area contributed by atoms with Crippen molar-refractivity contribution < 1.29 is 8.42 Å². The molecule has 0 saturated carbocycles. The molecule has 3 rings (SSSR count). The molecule has 5 heteroatoms. The number of rotatable bonds is 2. The fourth-order valence-electron chi connectivity index (χ4n) is 2.42. The summed E-state index contributed by atoms with van der Waals surface area (Å²) in [5, 5.41) is 0. The third-order valence-electron chi connectivity index (χ3n) is 4.17. The van der Waals surface area contributed by atoms with E-state index in [4.69, 9.17) is 0 Å². The Kier molecular flexibility index (Phi) is 3.33. The van der Waals surface area contributed by atoms with E-state index in [-0.39, 0.29) is 4.90 Å². The monoisotopic (exact) mass is 314 g/mol. The van der Waals surface area contributed by atoms with Crippen LogP contribution in [0.25, 0.3) is 11.0 Å². The minimum atomic E-state index is -3.64. The maximum atomic E-state index is 12.9. The van der Waals surface area contributed by atoms with E-state index < -0.39 is 10.0 Å². The van der Waals surface area contributed by atoms with Gasteiger partial charge in [-0.2, -0.15) is 0 Å². The summed E-state index contributed by atoms with van der Waals surface area (Å²) in [5.41, 5.74) is 5.47. The van der Waals surface area contributed by atoms with Crippen molar-refractivity contribution in [2.75, 3.05) is 0 Å². The van der Waals surface area contributed by atoms with Gasteiger partial charge in [-0.15, -0.1) is 0 Å². The van der Waals surface area contributed by atoms with Crippen molar-refractivity contribution in [3.05, 3.63) is 58.9 Å². The van der Waals surface area contributed by atoms with Crippen LogP contribution in [0.15, 0.2) is 41.6 Å². The van der Waals surface area contributed by atoms with Crippen molar-refractivity contribution in [2.45, 2.75) is 32.6 Å². The smallest absolute Gasteiger partial charge is 0.236 e. The van der Waals surface area contributed by atoms with Crippen molar-refractivity contribution in [1.29, 1.82) is 0 Å². The van der Waals surface area contributed by atoms with Crippen molar-refractivity contribution in [3.63, 3.8) is 0 Å². The molecule has 0 amide bonds. The number of aryl methyl sites for hydroxylation is 4. The summed E-state index contributed by atoms with van der Waals surface area (Å²) in [7, 11) is -3.64. The molecule has 1 aromatic heterocycles. The number of hydrogen-bond donors (Lipinski definition) is 0. The molecule has 114 valence electrons. The average Bonchev–Trinajstić information content (AvgIpc) is 2.85. The molecule has 0 unspecified atom stereocenters. The number of hydrogen-bond acceptors (Lipinski definition) is 3. The summed E-state index contributed by atoms with van der Waals surface area (Å²) in [6.07, 6.45) is 1.38. The second-order valence-electron chi connectivity index (χ2n) is 5.72. The Labute approximate surface area is 130 Å². The Hall–Kier alpha value is -2.14. The quantitative estimate of drug-likeness (QED) is 0.727. The van der Waals surface area contributed by atoms with E-state index in [1.165, 1.54) is 10.3 Å². The van der Waals surface area contributed by atoms with Gasteiger partial charge in [0.25, 0.3) is 10.0 Å². The summed E-state index contributed by atoms with van der Waals surface area (Å²) in [6.45, 7) is 7.83.